The molecule has 2 rings (SSSR count). The van der Waals surface area contributed by atoms with Crippen molar-refractivity contribution in [2.75, 3.05) is 11.1 Å². The molecule has 0 unspecified atom stereocenters. The summed E-state index contributed by atoms with van der Waals surface area (Å²) < 4.78 is 46.4. The average molecular weight is 370 g/mol. The lowest BCUT2D eigenvalue weighted by molar-refractivity contribution is -0.274. The Labute approximate surface area is 147 Å². The van der Waals surface area contributed by atoms with Gasteiger partial charge in [-0.25, -0.2) is 4.98 Å². The van der Waals surface area contributed by atoms with Gasteiger partial charge in [0.2, 0.25) is 5.91 Å². The Hall–Kier alpha value is -3.04. The number of anilines is 2. The Morgan fingerprint density at radius 1 is 1.35 bits per heavy atom. The van der Waals surface area contributed by atoms with Gasteiger partial charge in [0.25, 0.3) is 0 Å². The number of aromatic nitrogens is 2. The van der Waals surface area contributed by atoms with E-state index in [9.17, 15) is 18.0 Å². The highest BCUT2D eigenvalue weighted by Crippen LogP contribution is 2.31. The molecule has 7 nitrogen and oxygen atoms in total. The van der Waals surface area contributed by atoms with Crippen LogP contribution >= 0.6 is 0 Å². The minimum absolute atomic E-state index is 0.0293. The highest BCUT2D eigenvalue weighted by Gasteiger charge is 2.32. The third-order valence-corrected chi connectivity index (χ3v) is 3.14. The number of hydrogen-bond acceptors (Lipinski definition) is 6. The molecule has 140 valence electrons. The molecule has 1 aromatic carbocycles. The van der Waals surface area contributed by atoms with Gasteiger partial charge in [0, 0.05) is 12.5 Å². The number of rotatable bonds is 6. The lowest BCUT2D eigenvalue weighted by Gasteiger charge is -2.13. The predicted octanol–water partition coefficient (Wildman–Crippen LogP) is 3.80. The van der Waals surface area contributed by atoms with Gasteiger partial charge in [-0.15, -0.1) is 13.2 Å². The zero-order valence-corrected chi connectivity index (χ0v) is 14.1. The fourth-order valence-electron chi connectivity index (χ4n) is 1.95. The first-order valence-electron chi connectivity index (χ1n) is 7.64. The number of amides is 1. The van der Waals surface area contributed by atoms with Gasteiger partial charge in [-0.2, -0.15) is 4.98 Å². The predicted molar refractivity (Wildman–Crippen MR) is 87.9 cm³/mol. The lowest BCUT2D eigenvalue weighted by Crippen LogP contribution is -2.17. The summed E-state index contributed by atoms with van der Waals surface area (Å²) in [5, 5.41) is 2.56. The van der Waals surface area contributed by atoms with E-state index in [-0.39, 0.29) is 34.7 Å². The second-order valence-corrected chi connectivity index (χ2v) is 5.33. The fraction of sp³-hybridized carbons (Fsp3) is 0.312. The highest BCUT2D eigenvalue weighted by atomic mass is 19.4. The summed E-state index contributed by atoms with van der Waals surface area (Å²) in [4.78, 5) is 19.3. The van der Waals surface area contributed by atoms with Gasteiger partial charge < -0.3 is 20.5 Å². The topological polar surface area (TPSA) is 99.4 Å². The van der Waals surface area contributed by atoms with E-state index < -0.39 is 12.1 Å². The lowest BCUT2D eigenvalue weighted by atomic mass is 10.2. The van der Waals surface area contributed by atoms with Crippen molar-refractivity contribution in [2.45, 2.75) is 33.1 Å². The zero-order valence-electron chi connectivity index (χ0n) is 14.1. The van der Waals surface area contributed by atoms with E-state index in [0.29, 0.717) is 12.8 Å². The van der Waals surface area contributed by atoms with E-state index in [2.05, 4.69) is 20.0 Å². The number of hydrogen-bond donors (Lipinski definition) is 2. The first-order valence-corrected chi connectivity index (χ1v) is 7.64. The van der Waals surface area contributed by atoms with Crippen molar-refractivity contribution in [1.29, 1.82) is 0 Å². The number of benzene rings is 1. The third-order valence-electron chi connectivity index (χ3n) is 3.14. The molecule has 0 aliphatic carbocycles. The monoisotopic (exact) mass is 370 g/mol. The molecule has 0 saturated carbocycles. The number of carbonyl (C=O) groups is 1. The van der Waals surface area contributed by atoms with Crippen molar-refractivity contribution in [2.24, 2.45) is 0 Å². The van der Waals surface area contributed by atoms with Crippen LogP contribution < -0.4 is 20.5 Å². The van der Waals surface area contributed by atoms with Crippen LogP contribution in [0.15, 0.2) is 24.4 Å². The molecule has 0 aliphatic heterocycles. The minimum Gasteiger partial charge on any atom is -0.424 e. The molecule has 1 amide bonds. The van der Waals surface area contributed by atoms with E-state index in [1.54, 1.807) is 0 Å². The molecule has 1 heterocycles. The van der Waals surface area contributed by atoms with Crippen LogP contribution in [0.1, 0.15) is 25.3 Å². The van der Waals surface area contributed by atoms with E-state index in [0.717, 1.165) is 6.07 Å². The number of nitrogens with two attached hydrogens (primary N) is 1. The normalized spacial score (nSPS) is 11.1. The Morgan fingerprint density at radius 3 is 2.69 bits per heavy atom. The number of nitrogen functional groups attached to an aromatic ring is 1. The van der Waals surface area contributed by atoms with Gasteiger partial charge in [-0.3, -0.25) is 4.79 Å². The van der Waals surface area contributed by atoms with Crippen LogP contribution in [0, 0.1) is 6.92 Å². The zero-order chi connectivity index (χ0) is 19.3. The molecule has 10 heteroatoms. The minimum atomic E-state index is -4.82. The van der Waals surface area contributed by atoms with Crippen molar-refractivity contribution in [3.63, 3.8) is 0 Å². The van der Waals surface area contributed by atoms with E-state index in [1.165, 1.54) is 25.3 Å². The van der Waals surface area contributed by atoms with Crippen LogP contribution in [0.3, 0.4) is 0 Å². The van der Waals surface area contributed by atoms with Crippen LogP contribution in [-0.2, 0) is 4.79 Å². The van der Waals surface area contributed by atoms with Crippen molar-refractivity contribution in [3.05, 3.63) is 30.0 Å². The molecule has 0 radical (unpaired) electrons. The molecular formula is C16H17F3N4O3. The molecule has 26 heavy (non-hydrogen) atoms. The summed E-state index contributed by atoms with van der Waals surface area (Å²) in [6, 6.07) is 3.73. The molecule has 0 saturated heterocycles. The Morgan fingerprint density at radius 2 is 2.08 bits per heavy atom. The summed E-state index contributed by atoms with van der Waals surface area (Å²) in [7, 11) is 0. The molecule has 0 bridgehead atoms. The Kier molecular flexibility index (Phi) is 5.86. The standard InChI is InChI=1S/C16H17F3N4O3/c1-3-4-13(24)22-11-8-21-15(23-14(11)20)25-10-6-5-9(2)12(7-10)26-16(17,18)19/h5-8H,3-4H2,1-2H3,(H,22,24)(H2,20,21,23). The van der Waals surface area contributed by atoms with Gasteiger partial charge in [0.1, 0.15) is 17.2 Å². The van der Waals surface area contributed by atoms with Crippen LogP contribution in [0.2, 0.25) is 0 Å². The summed E-state index contributed by atoms with van der Waals surface area (Å²) >= 11 is 0. The number of ether oxygens (including phenoxy) is 2. The first kappa shape index (κ1) is 19.3. The average Bonchev–Trinajstić information content (AvgIpc) is 2.52. The van der Waals surface area contributed by atoms with Crippen molar-refractivity contribution >= 4 is 17.4 Å². The summed E-state index contributed by atoms with van der Waals surface area (Å²) in [5.74, 6) is -0.620. The van der Waals surface area contributed by atoms with Crippen LogP contribution in [0.4, 0.5) is 24.7 Å². The molecular weight excluding hydrogens is 353 g/mol. The number of alkyl halides is 3. The van der Waals surface area contributed by atoms with Gasteiger partial charge in [0.15, 0.2) is 5.82 Å². The molecule has 0 aliphatic rings. The van der Waals surface area contributed by atoms with Crippen molar-refractivity contribution in [1.82, 2.24) is 9.97 Å². The number of halogens is 3. The third kappa shape index (κ3) is 5.50. The van der Waals surface area contributed by atoms with E-state index in [1.807, 2.05) is 6.92 Å². The quantitative estimate of drug-likeness (QED) is 0.802. The maximum Gasteiger partial charge on any atom is 0.573 e. The van der Waals surface area contributed by atoms with Crippen LogP contribution in [0.5, 0.6) is 17.5 Å². The molecule has 0 fully saturated rings. The number of aryl methyl sites for hydroxylation is 1. The van der Waals surface area contributed by atoms with Gasteiger partial charge in [0.05, 0.1) is 6.20 Å². The van der Waals surface area contributed by atoms with Gasteiger partial charge >= 0.3 is 12.4 Å². The van der Waals surface area contributed by atoms with Gasteiger partial charge in [-0.1, -0.05) is 13.0 Å². The Balaban J connectivity index is 2.15. The molecule has 2 aromatic rings. The van der Waals surface area contributed by atoms with Gasteiger partial charge in [-0.05, 0) is 25.0 Å². The first-order chi connectivity index (χ1) is 12.2. The summed E-state index contributed by atoms with van der Waals surface area (Å²) in [6.45, 7) is 3.32. The number of carbonyl (C=O) groups excluding carboxylic acids is 1. The maximum atomic E-state index is 12.4. The van der Waals surface area contributed by atoms with Crippen molar-refractivity contribution in [3.8, 4) is 17.5 Å². The second-order valence-electron chi connectivity index (χ2n) is 5.33. The molecule has 1 aromatic heterocycles. The molecule has 3 N–H and O–H groups in total. The SMILES string of the molecule is CCCC(=O)Nc1cnc(Oc2ccc(C)c(OC(F)(F)F)c2)nc1N. The van der Waals surface area contributed by atoms with Crippen LogP contribution in [-0.4, -0.2) is 22.2 Å². The maximum absolute atomic E-state index is 12.4. The molecule has 0 atom stereocenters. The highest BCUT2D eigenvalue weighted by molar-refractivity contribution is 5.92. The van der Waals surface area contributed by atoms with E-state index >= 15 is 0 Å². The van der Waals surface area contributed by atoms with E-state index in [4.69, 9.17) is 10.5 Å². The van der Waals surface area contributed by atoms with Crippen LogP contribution in [0.25, 0.3) is 0 Å². The second kappa shape index (κ2) is 7.89. The fourth-order valence-corrected chi connectivity index (χ4v) is 1.95. The summed E-state index contributed by atoms with van der Waals surface area (Å²) in [5.41, 5.74) is 6.24. The number of nitrogens with one attached hydrogen (secondary N) is 1. The van der Waals surface area contributed by atoms with Crippen molar-refractivity contribution < 1.29 is 27.4 Å². The number of nitrogens with zero attached hydrogens (tertiary/aromatic N) is 2. The molecule has 0 spiro atoms. The largest absolute Gasteiger partial charge is 0.573 e. The smallest absolute Gasteiger partial charge is 0.424 e. The summed E-state index contributed by atoms with van der Waals surface area (Å²) in [6.07, 6.45) is -2.57. The Bertz CT molecular complexity index is 797.